The predicted molar refractivity (Wildman–Crippen MR) is 190 cm³/mol. The standard InChI is InChI=1S/C30H51N2O21PS2/c1-13(35)32-19-17(48-4-2-5-56-6-3-31-12-55)7-14(20(38)21(19)39)11-49-30(29(43)44)8-18(53-54(45,46)47)27(26(52-30)16(37)10-34)51-28-24(42)22(40)23(41)25(50-28)15(36)9-33/h14-28,33-34,36-42H,2-11H2,1H3,(H,32,35)(H,43,44)(H2,45,46,47)/t14-,15+,16-,17-,18-,19+,20-,21-,22+,23+,24+,25-,26-,27-,28-,30-/m1/s1. The maximum Gasteiger partial charge on any atom is 0.469 e. The van der Waals surface area contributed by atoms with Crippen molar-refractivity contribution in [3.8, 4) is 0 Å². The molecule has 0 aromatic carbocycles. The van der Waals surface area contributed by atoms with Crippen molar-refractivity contribution < 1.29 is 103 Å². The molecule has 0 radical (unpaired) electrons. The zero-order chi connectivity index (χ0) is 42.0. The smallest absolute Gasteiger partial charge is 0.469 e. The summed E-state index contributed by atoms with van der Waals surface area (Å²) in [6.07, 6.45) is -25.6. The number of hydrogen-bond donors (Lipinski definition) is 13. The van der Waals surface area contributed by atoms with Crippen LogP contribution in [0.5, 0.6) is 0 Å². The number of ether oxygens (including phenoxy) is 5. The number of rotatable bonds is 21. The first-order valence-corrected chi connectivity index (χ1v) is 20.5. The lowest BCUT2D eigenvalue weighted by Crippen LogP contribution is -2.67. The lowest BCUT2D eigenvalue weighted by atomic mass is 9.79. The van der Waals surface area contributed by atoms with Crippen molar-refractivity contribution in [2.45, 2.75) is 118 Å². The number of carbonyl (C=O) groups is 2. The van der Waals surface area contributed by atoms with Crippen LogP contribution in [0, 0.1) is 5.92 Å². The van der Waals surface area contributed by atoms with Crippen LogP contribution in [-0.2, 0) is 42.4 Å². The van der Waals surface area contributed by atoms with E-state index in [0.29, 0.717) is 24.5 Å². The zero-order valence-electron chi connectivity index (χ0n) is 30.0. The molecule has 0 bridgehead atoms. The molecular formula is C30H51N2O21PS2. The van der Waals surface area contributed by atoms with Crippen LogP contribution in [-0.4, -0.2) is 214 Å². The van der Waals surface area contributed by atoms with E-state index >= 15 is 0 Å². The van der Waals surface area contributed by atoms with Gasteiger partial charge in [-0.15, -0.1) is 0 Å². The molecule has 23 nitrogen and oxygen atoms in total. The van der Waals surface area contributed by atoms with Gasteiger partial charge in [-0.05, 0) is 30.8 Å². The monoisotopic (exact) mass is 870 g/mol. The fourth-order valence-corrected chi connectivity index (χ4v) is 7.95. The number of nitrogens with one attached hydrogen (secondary N) is 1. The Hall–Kier alpha value is -1.36. The van der Waals surface area contributed by atoms with Gasteiger partial charge in [0.15, 0.2) is 6.29 Å². The second-order valence-electron chi connectivity index (χ2n) is 13.4. The molecular weight excluding hydrogens is 819 g/mol. The van der Waals surface area contributed by atoms with E-state index in [1.54, 1.807) is 11.8 Å². The summed E-state index contributed by atoms with van der Waals surface area (Å²) in [6.45, 7) is -1.12. The molecule has 16 atom stereocenters. The fraction of sp³-hybridized carbons (Fsp3) is 0.900. The number of phosphoric acid groups is 1. The summed E-state index contributed by atoms with van der Waals surface area (Å²) in [4.78, 5) is 48.3. The highest BCUT2D eigenvalue weighted by molar-refractivity contribution is 7.99. The van der Waals surface area contributed by atoms with E-state index < -0.39 is 143 Å². The van der Waals surface area contributed by atoms with Gasteiger partial charge in [0.2, 0.25) is 5.91 Å². The molecule has 3 rings (SSSR count). The number of carbonyl (C=O) groups excluding carboxylic acids is 1. The molecule has 26 heteroatoms. The first-order chi connectivity index (χ1) is 26.3. The van der Waals surface area contributed by atoms with Gasteiger partial charge in [-0.2, -0.15) is 11.8 Å². The molecule has 2 heterocycles. The summed E-state index contributed by atoms with van der Waals surface area (Å²) in [7, 11) is -5.59. The topological polar surface area (TPSA) is 374 Å². The Morgan fingerprint density at radius 3 is 2.25 bits per heavy atom. The highest BCUT2D eigenvalue weighted by Crippen LogP contribution is 2.46. The lowest BCUT2D eigenvalue weighted by Gasteiger charge is -2.49. The van der Waals surface area contributed by atoms with Gasteiger partial charge in [0.25, 0.3) is 5.79 Å². The van der Waals surface area contributed by atoms with Crippen LogP contribution in [0.15, 0.2) is 4.99 Å². The number of hydrogen-bond acceptors (Lipinski definition) is 21. The third kappa shape index (κ3) is 13.1. The van der Waals surface area contributed by atoms with Crippen molar-refractivity contribution in [2.75, 3.05) is 44.5 Å². The number of isothiocyanates is 1. The maximum absolute atomic E-state index is 12.9. The zero-order valence-corrected chi connectivity index (χ0v) is 32.5. The summed E-state index contributed by atoms with van der Waals surface area (Å²) in [5.74, 6) is -5.28. The molecule has 3 aliphatic rings. The van der Waals surface area contributed by atoms with Gasteiger partial charge in [0, 0.05) is 31.6 Å². The Bertz CT molecular complexity index is 1360. The molecule has 0 aromatic heterocycles. The minimum Gasteiger partial charge on any atom is -0.477 e. The van der Waals surface area contributed by atoms with E-state index in [9.17, 15) is 75.0 Å². The molecule has 56 heavy (non-hydrogen) atoms. The van der Waals surface area contributed by atoms with Gasteiger partial charge in [-0.1, -0.05) is 0 Å². The molecule has 0 spiro atoms. The maximum atomic E-state index is 12.9. The first-order valence-electron chi connectivity index (χ1n) is 17.4. The van der Waals surface area contributed by atoms with E-state index in [4.69, 9.17) is 28.2 Å². The van der Waals surface area contributed by atoms with Crippen molar-refractivity contribution >= 4 is 48.8 Å². The number of amides is 1. The van der Waals surface area contributed by atoms with E-state index in [0.717, 1.165) is 0 Å². The molecule has 1 aliphatic carbocycles. The molecule has 1 amide bonds. The van der Waals surface area contributed by atoms with E-state index in [1.165, 1.54) is 6.92 Å². The van der Waals surface area contributed by atoms with E-state index in [1.807, 2.05) is 0 Å². The summed E-state index contributed by atoms with van der Waals surface area (Å²) in [6, 6.07) is -1.10. The van der Waals surface area contributed by atoms with Crippen LogP contribution >= 0.6 is 31.8 Å². The number of carboxylic acids is 1. The van der Waals surface area contributed by atoms with Gasteiger partial charge >= 0.3 is 13.8 Å². The third-order valence-corrected chi connectivity index (χ3v) is 11.1. The van der Waals surface area contributed by atoms with Crippen molar-refractivity contribution in [1.29, 1.82) is 0 Å². The van der Waals surface area contributed by atoms with Crippen molar-refractivity contribution in [3.63, 3.8) is 0 Å². The summed E-state index contributed by atoms with van der Waals surface area (Å²) >= 11 is 6.10. The summed E-state index contributed by atoms with van der Waals surface area (Å²) in [5, 5.41) is 109. The second-order valence-corrected chi connectivity index (χ2v) is 16.0. The summed E-state index contributed by atoms with van der Waals surface area (Å²) < 4.78 is 45.3. The number of aliphatic imine (C=N–C) groups is 1. The molecule has 2 aliphatic heterocycles. The molecule has 3 fully saturated rings. The highest BCUT2D eigenvalue weighted by atomic mass is 32.2. The SMILES string of the molecule is CC(=O)N[C@@H]1[C@@H](O)[C@H](O)[C@@H](CO[C@]2(C(=O)O)C[C@@H](OP(=O)(O)O)[C@@H](O[C@H]3O[C@H]([C@@H](O)CO)[C@@H](O)[C@H](O)[C@@H]3O)[C@@H]([C@H](O)CO)O2)C[C@H]1OCCCSCCN=C=S. The molecule has 2 saturated heterocycles. The van der Waals surface area contributed by atoms with Gasteiger partial charge < -0.3 is 89.9 Å². The minimum absolute atomic E-state index is 0.127. The van der Waals surface area contributed by atoms with Crippen LogP contribution < -0.4 is 5.32 Å². The summed E-state index contributed by atoms with van der Waals surface area (Å²) in [5.41, 5.74) is 0. The average molecular weight is 871 g/mol. The Kier molecular flexibility index (Phi) is 19.5. The van der Waals surface area contributed by atoms with E-state index in [-0.39, 0.29) is 13.0 Å². The number of phosphoric ester groups is 1. The van der Waals surface area contributed by atoms with E-state index in [2.05, 4.69) is 27.7 Å². The second kappa shape index (κ2) is 22.3. The molecule has 1 saturated carbocycles. The van der Waals surface area contributed by atoms with Crippen LogP contribution in [0.4, 0.5) is 0 Å². The van der Waals surface area contributed by atoms with Crippen LogP contribution in [0.3, 0.4) is 0 Å². The van der Waals surface area contributed by atoms with Gasteiger partial charge in [0.05, 0.1) is 49.8 Å². The number of aliphatic hydroxyl groups excluding tert-OH is 9. The number of thioether (sulfide) groups is 1. The van der Waals surface area contributed by atoms with Crippen LogP contribution in [0.1, 0.15) is 26.2 Å². The quantitative estimate of drug-likeness (QED) is 0.0222. The fourth-order valence-electron chi connectivity index (χ4n) is 6.57. The first kappa shape index (κ1) is 49.0. The van der Waals surface area contributed by atoms with Gasteiger partial charge in [-0.25, -0.2) is 14.4 Å². The van der Waals surface area contributed by atoms with Crippen LogP contribution in [0.2, 0.25) is 0 Å². The Labute approximate surface area is 329 Å². The Balaban J connectivity index is 1.88. The number of thiocarbonyl (C=S) groups is 1. The highest BCUT2D eigenvalue weighted by Gasteiger charge is 2.59. The van der Waals surface area contributed by atoms with Crippen molar-refractivity contribution in [2.24, 2.45) is 10.9 Å². The number of aliphatic hydroxyl groups is 9. The van der Waals surface area contributed by atoms with Gasteiger partial charge in [0.1, 0.15) is 61.0 Å². The molecule has 0 unspecified atom stereocenters. The lowest BCUT2D eigenvalue weighted by molar-refractivity contribution is -0.370. The number of nitrogens with zero attached hydrogens (tertiary/aromatic N) is 1. The van der Waals surface area contributed by atoms with Crippen LogP contribution in [0.25, 0.3) is 0 Å². The number of carboxylic acid groups (broad SMARTS) is 1. The molecule has 0 aromatic rings. The number of aliphatic carboxylic acids is 1. The predicted octanol–water partition coefficient (Wildman–Crippen LogP) is -5.19. The van der Waals surface area contributed by atoms with Gasteiger partial charge in [-0.3, -0.25) is 9.32 Å². The largest absolute Gasteiger partial charge is 0.477 e. The van der Waals surface area contributed by atoms with Crippen molar-refractivity contribution in [3.05, 3.63) is 0 Å². The van der Waals surface area contributed by atoms with Crippen molar-refractivity contribution in [1.82, 2.24) is 5.32 Å². The Morgan fingerprint density at radius 1 is 1.00 bits per heavy atom. The minimum atomic E-state index is -5.59. The molecule has 13 N–H and O–H groups in total. The third-order valence-electron chi connectivity index (χ3n) is 9.33. The normalized spacial score (nSPS) is 37.6. The molecule has 324 valence electrons. The average Bonchev–Trinajstić information content (AvgIpc) is 3.14. The Morgan fingerprint density at radius 2 is 1.66 bits per heavy atom.